The lowest BCUT2D eigenvalue weighted by Gasteiger charge is -2.35. The summed E-state index contributed by atoms with van der Waals surface area (Å²) >= 11 is 0. The lowest BCUT2D eigenvalue weighted by atomic mass is 9.85. The zero-order valence-electron chi connectivity index (χ0n) is 21.0. The predicted octanol–water partition coefficient (Wildman–Crippen LogP) is 4.48. The third-order valence-electron chi connectivity index (χ3n) is 7.66. The Morgan fingerprint density at radius 1 is 1.11 bits per heavy atom. The number of aliphatic carboxylic acids is 1. The van der Waals surface area contributed by atoms with Crippen LogP contribution in [0.1, 0.15) is 76.0 Å². The van der Waals surface area contributed by atoms with Gasteiger partial charge in [0, 0.05) is 12.0 Å². The molecule has 2 aliphatic rings. The summed E-state index contributed by atoms with van der Waals surface area (Å²) in [7, 11) is -3.65. The highest BCUT2D eigenvalue weighted by Crippen LogP contribution is 2.40. The van der Waals surface area contributed by atoms with Crippen LogP contribution >= 0.6 is 0 Å². The van der Waals surface area contributed by atoms with Gasteiger partial charge < -0.3 is 14.9 Å². The quantitative estimate of drug-likeness (QED) is 0.475. The molecule has 0 radical (unpaired) electrons. The van der Waals surface area contributed by atoms with Crippen molar-refractivity contribution in [1.29, 1.82) is 0 Å². The summed E-state index contributed by atoms with van der Waals surface area (Å²) in [4.78, 5) is 11.7. The standard InChI is InChI=1S/C28H37NO6S/c1-3-5-13-28(4-2)18-36(33,34)25-17-22(35-23-15-20(27(31)32)14-21(30)16-23)11-12-24(25)26(29-28)19-9-7-6-8-10-19/h6-12,17,20-21,23,26,29-30H,3-5,13-16,18H2,1-2H3,(H,31,32)/t20-,21?,23-,26?,28?/m1/s1. The molecule has 3 N–H and O–H groups in total. The molecule has 5 atom stereocenters. The SMILES string of the molecule is CCCCC1(CC)CS(=O)(=O)c2cc(O[C@H]3CC(O)C[C@@H](C(=O)O)C3)ccc2C(c2ccccc2)N1. The number of fused-ring (bicyclic) bond motifs is 1. The van der Waals surface area contributed by atoms with E-state index in [4.69, 9.17) is 4.74 Å². The van der Waals surface area contributed by atoms with Crippen LogP contribution in [0, 0.1) is 5.92 Å². The summed E-state index contributed by atoms with van der Waals surface area (Å²) in [5, 5.41) is 23.3. The smallest absolute Gasteiger partial charge is 0.306 e. The molecule has 36 heavy (non-hydrogen) atoms. The van der Waals surface area contributed by atoms with Crippen molar-refractivity contribution in [2.24, 2.45) is 5.92 Å². The van der Waals surface area contributed by atoms with E-state index < -0.39 is 39.5 Å². The number of hydrogen-bond donors (Lipinski definition) is 3. The van der Waals surface area contributed by atoms with E-state index in [-0.39, 0.29) is 29.5 Å². The zero-order chi connectivity index (χ0) is 25.9. The maximum Gasteiger partial charge on any atom is 0.306 e. The van der Waals surface area contributed by atoms with Gasteiger partial charge in [-0.2, -0.15) is 0 Å². The van der Waals surface area contributed by atoms with Crippen LogP contribution in [0.25, 0.3) is 0 Å². The van der Waals surface area contributed by atoms with Crippen molar-refractivity contribution in [2.45, 2.75) is 87.5 Å². The Morgan fingerprint density at radius 2 is 1.86 bits per heavy atom. The minimum atomic E-state index is -3.65. The molecule has 0 aromatic heterocycles. The molecule has 196 valence electrons. The fourth-order valence-corrected chi connectivity index (χ4v) is 7.80. The summed E-state index contributed by atoms with van der Waals surface area (Å²) in [5.74, 6) is -1.25. The first-order chi connectivity index (χ1) is 17.2. The van der Waals surface area contributed by atoms with Crippen LogP contribution in [0.5, 0.6) is 5.75 Å². The Balaban J connectivity index is 1.73. The molecule has 1 fully saturated rings. The molecule has 2 aromatic rings. The van der Waals surface area contributed by atoms with Crippen molar-refractivity contribution >= 4 is 15.8 Å². The molecule has 1 saturated carbocycles. The molecule has 0 spiro atoms. The molecule has 3 unspecified atom stereocenters. The van der Waals surface area contributed by atoms with Gasteiger partial charge in [-0.05, 0) is 48.9 Å². The van der Waals surface area contributed by atoms with Gasteiger partial charge in [-0.25, -0.2) is 8.42 Å². The van der Waals surface area contributed by atoms with E-state index in [2.05, 4.69) is 12.2 Å². The predicted molar refractivity (Wildman–Crippen MR) is 138 cm³/mol. The average molecular weight is 516 g/mol. The minimum absolute atomic E-state index is 0.000478. The van der Waals surface area contributed by atoms with Gasteiger partial charge in [0.05, 0.1) is 28.7 Å². The first kappa shape index (κ1) is 26.6. The highest BCUT2D eigenvalue weighted by atomic mass is 32.2. The van der Waals surface area contributed by atoms with Crippen molar-refractivity contribution < 1.29 is 28.2 Å². The zero-order valence-corrected chi connectivity index (χ0v) is 21.8. The van der Waals surface area contributed by atoms with Gasteiger partial charge in [0.25, 0.3) is 0 Å². The molecule has 1 aliphatic heterocycles. The molecule has 2 aromatic carbocycles. The van der Waals surface area contributed by atoms with E-state index in [1.54, 1.807) is 12.1 Å². The maximum atomic E-state index is 13.8. The van der Waals surface area contributed by atoms with Crippen LogP contribution in [0.3, 0.4) is 0 Å². The van der Waals surface area contributed by atoms with Crippen molar-refractivity contribution in [2.75, 3.05) is 5.75 Å². The molecule has 8 heteroatoms. The second-order valence-electron chi connectivity index (χ2n) is 10.3. The highest BCUT2D eigenvalue weighted by molar-refractivity contribution is 7.91. The van der Waals surface area contributed by atoms with Crippen molar-refractivity contribution in [3.05, 3.63) is 59.7 Å². The first-order valence-electron chi connectivity index (χ1n) is 12.9. The molecule has 1 aliphatic carbocycles. The molecular formula is C28H37NO6S. The number of sulfone groups is 1. The van der Waals surface area contributed by atoms with E-state index in [1.165, 1.54) is 0 Å². The number of rotatable bonds is 8. The fraction of sp³-hybridized carbons (Fsp3) is 0.536. The summed E-state index contributed by atoms with van der Waals surface area (Å²) in [6, 6.07) is 14.8. The van der Waals surface area contributed by atoms with Crippen LogP contribution in [-0.4, -0.2) is 48.1 Å². The summed E-state index contributed by atoms with van der Waals surface area (Å²) in [6.07, 6.45) is 2.90. The molecule has 4 rings (SSSR count). The fourth-order valence-electron chi connectivity index (χ4n) is 5.64. The molecule has 1 heterocycles. The average Bonchev–Trinajstić information content (AvgIpc) is 2.95. The number of nitrogens with one attached hydrogen (secondary N) is 1. The van der Waals surface area contributed by atoms with Crippen molar-refractivity contribution in [1.82, 2.24) is 5.32 Å². The number of hydrogen-bond acceptors (Lipinski definition) is 6. The number of carbonyl (C=O) groups is 1. The first-order valence-corrected chi connectivity index (χ1v) is 14.6. The second kappa shape index (κ2) is 10.9. The summed E-state index contributed by atoms with van der Waals surface area (Å²) in [5.41, 5.74) is 1.13. The number of ether oxygens (including phenoxy) is 1. The van der Waals surface area contributed by atoms with Crippen LogP contribution in [-0.2, 0) is 14.6 Å². The maximum absolute atomic E-state index is 13.8. The number of carboxylic acid groups (broad SMARTS) is 1. The van der Waals surface area contributed by atoms with E-state index in [0.29, 0.717) is 24.2 Å². The molecular weight excluding hydrogens is 478 g/mol. The number of carboxylic acids is 1. The second-order valence-corrected chi connectivity index (χ2v) is 12.3. The lowest BCUT2D eigenvalue weighted by molar-refractivity contribution is -0.145. The Hall–Kier alpha value is -2.42. The van der Waals surface area contributed by atoms with Gasteiger partial charge in [0.1, 0.15) is 11.9 Å². The minimum Gasteiger partial charge on any atom is -0.490 e. The number of unbranched alkanes of at least 4 members (excludes halogenated alkanes) is 1. The monoisotopic (exact) mass is 515 g/mol. The van der Waals surface area contributed by atoms with Gasteiger partial charge in [0.2, 0.25) is 0 Å². The van der Waals surface area contributed by atoms with Gasteiger partial charge in [0.15, 0.2) is 9.84 Å². The Morgan fingerprint density at radius 3 is 2.53 bits per heavy atom. The van der Waals surface area contributed by atoms with Gasteiger partial charge in [-0.15, -0.1) is 0 Å². The van der Waals surface area contributed by atoms with Crippen LogP contribution in [0.4, 0.5) is 0 Å². The number of aliphatic hydroxyl groups excluding tert-OH is 1. The molecule has 7 nitrogen and oxygen atoms in total. The van der Waals surface area contributed by atoms with Crippen LogP contribution < -0.4 is 10.1 Å². The van der Waals surface area contributed by atoms with E-state index in [1.807, 2.05) is 43.3 Å². The van der Waals surface area contributed by atoms with Gasteiger partial charge in [-0.3, -0.25) is 10.1 Å². The van der Waals surface area contributed by atoms with E-state index in [9.17, 15) is 23.4 Å². The van der Waals surface area contributed by atoms with E-state index in [0.717, 1.165) is 24.8 Å². The Labute approximate surface area is 213 Å². The highest BCUT2D eigenvalue weighted by Gasteiger charge is 2.42. The third kappa shape index (κ3) is 5.76. The van der Waals surface area contributed by atoms with Gasteiger partial charge >= 0.3 is 5.97 Å². The molecule has 0 saturated heterocycles. The number of aliphatic hydroxyl groups is 1. The normalized spacial score (nSPS) is 29.6. The molecule has 0 amide bonds. The van der Waals surface area contributed by atoms with E-state index >= 15 is 0 Å². The number of benzene rings is 2. The molecule has 0 bridgehead atoms. The topological polar surface area (TPSA) is 113 Å². The lowest BCUT2D eigenvalue weighted by Crippen LogP contribution is -2.50. The summed E-state index contributed by atoms with van der Waals surface area (Å²) in [6.45, 7) is 4.15. The third-order valence-corrected chi connectivity index (χ3v) is 9.61. The van der Waals surface area contributed by atoms with Crippen molar-refractivity contribution in [3.8, 4) is 5.75 Å². The van der Waals surface area contributed by atoms with Crippen LogP contribution in [0.2, 0.25) is 0 Å². The Kier molecular flexibility index (Phi) is 8.07. The largest absolute Gasteiger partial charge is 0.490 e. The van der Waals surface area contributed by atoms with Gasteiger partial charge in [-0.1, -0.05) is 63.1 Å². The van der Waals surface area contributed by atoms with Crippen molar-refractivity contribution in [3.63, 3.8) is 0 Å². The summed E-state index contributed by atoms with van der Waals surface area (Å²) < 4.78 is 33.7. The Bertz CT molecular complexity index is 1170. The van der Waals surface area contributed by atoms with Crippen LogP contribution in [0.15, 0.2) is 53.4 Å².